The Balaban J connectivity index is 1.98. The molecule has 0 aliphatic carbocycles. The average Bonchev–Trinajstić information content (AvgIpc) is 2.45. The summed E-state index contributed by atoms with van der Waals surface area (Å²) in [5.74, 6) is -0.0552. The molecule has 0 heterocycles. The Bertz CT molecular complexity index is 564. The van der Waals surface area contributed by atoms with E-state index >= 15 is 0 Å². The van der Waals surface area contributed by atoms with Crippen molar-refractivity contribution >= 4 is 5.78 Å². The molecular weight excluding hydrogens is 247 g/mol. The number of aliphatic hydroxyl groups excluding tert-OH is 1. The molecule has 4 heteroatoms. The minimum absolute atomic E-state index is 0.255. The van der Waals surface area contributed by atoms with Crippen molar-refractivity contribution in [2.24, 2.45) is 0 Å². The Morgan fingerprint density at radius 3 is 2.53 bits per heavy atom. The molecule has 0 aromatic heterocycles. The van der Waals surface area contributed by atoms with Gasteiger partial charge in [-0.25, -0.2) is 4.39 Å². The number of benzene rings is 2. The van der Waals surface area contributed by atoms with E-state index in [1.54, 1.807) is 36.4 Å². The summed E-state index contributed by atoms with van der Waals surface area (Å²) in [5, 5.41) is 8.72. The van der Waals surface area contributed by atoms with Gasteiger partial charge < -0.3 is 9.84 Å². The highest BCUT2D eigenvalue weighted by molar-refractivity contribution is 5.96. The van der Waals surface area contributed by atoms with Gasteiger partial charge >= 0.3 is 0 Å². The molecule has 0 spiro atoms. The van der Waals surface area contributed by atoms with Crippen molar-refractivity contribution in [3.63, 3.8) is 0 Å². The first-order valence-corrected chi connectivity index (χ1v) is 5.80. The van der Waals surface area contributed by atoms with Crippen LogP contribution in [0.1, 0.15) is 15.9 Å². The van der Waals surface area contributed by atoms with Crippen LogP contribution in [0.25, 0.3) is 0 Å². The normalized spacial score (nSPS) is 10.2. The summed E-state index contributed by atoms with van der Waals surface area (Å²) < 4.78 is 18.4. The lowest BCUT2D eigenvalue weighted by atomic mass is 10.1. The van der Waals surface area contributed by atoms with Crippen molar-refractivity contribution in [2.45, 2.75) is 6.61 Å². The zero-order valence-corrected chi connectivity index (χ0v) is 10.2. The Morgan fingerprint density at radius 2 is 1.89 bits per heavy atom. The molecule has 0 saturated heterocycles. The summed E-state index contributed by atoms with van der Waals surface area (Å²) in [6.07, 6.45) is 0. The summed E-state index contributed by atoms with van der Waals surface area (Å²) in [7, 11) is 0. The number of ether oxygens (including phenoxy) is 1. The maximum atomic E-state index is 13.0. The van der Waals surface area contributed by atoms with E-state index in [1.807, 2.05) is 0 Å². The number of hydrogen-bond donors (Lipinski definition) is 1. The van der Waals surface area contributed by atoms with Crippen LogP contribution in [-0.4, -0.2) is 17.5 Å². The van der Waals surface area contributed by atoms with Crippen LogP contribution in [0.3, 0.4) is 0 Å². The third-order valence-corrected chi connectivity index (χ3v) is 2.61. The van der Waals surface area contributed by atoms with Crippen molar-refractivity contribution in [1.29, 1.82) is 0 Å². The van der Waals surface area contributed by atoms with Gasteiger partial charge in [-0.2, -0.15) is 0 Å². The second kappa shape index (κ2) is 6.11. The van der Waals surface area contributed by atoms with E-state index in [4.69, 9.17) is 9.84 Å². The van der Waals surface area contributed by atoms with Crippen molar-refractivity contribution in [3.8, 4) is 5.75 Å². The van der Waals surface area contributed by atoms with E-state index in [0.717, 1.165) is 5.56 Å². The highest BCUT2D eigenvalue weighted by Gasteiger charge is 2.04. The molecule has 0 atom stereocenters. The Morgan fingerprint density at radius 1 is 1.16 bits per heavy atom. The van der Waals surface area contributed by atoms with E-state index in [9.17, 15) is 9.18 Å². The molecule has 0 saturated carbocycles. The molecule has 0 aliphatic rings. The highest BCUT2D eigenvalue weighted by Crippen LogP contribution is 2.15. The Kier molecular flexibility index (Phi) is 4.26. The first-order valence-electron chi connectivity index (χ1n) is 5.80. The van der Waals surface area contributed by atoms with E-state index in [-0.39, 0.29) is 18.2 Å². The van der Waals surface area contributed by atoms with Gasteiger partial charge in [0.1, 0.15) is 24.8 Å². The second-order valence-electron chi connectivity index (χ2n) is 4.02. The maximum absolute atomic E-state index is 13.0. The predicted molar refractivity (Wildman–Crippen MR) is 68.6 cm³/mol. The lowest BCUT2D eigenvalue weighted by Gasteiger charge is -2.07. The zero-order valence-electron chi connectivity index (χ0n) is 10.2. The second-order valence-corrected chi connectivity index (χ2v) is 4.02. The fraction of sp³-hybridized carbons (Fsp3) is 0.133. The predicted octanol–water partition coefficient (Wildman–Crippen LogP) is 2.58. The summed E-state index contributed by atoms with van der Waals surface area (Å²) in [6, 6.07) is 12.6. The summed E-state index contributed by atoms with van der Waals surface area (Å²) in [4.78, 5) is 11.2. The van der Waals surface area contributed by atoms with E-state index in [0.29, 0.717) is 11.3 Å². The van der Waals surface area contributed by atoms with Gasteiger partial charge in [0.05, 0.1) is 0 Å². The first-order chi connectivity index (χ1) is 9.19. The molecule has 19 heavy (non-hydrogen) atoms. The first kappa shape index (κ1) is 13.2. The van der Waals surface area contributed by atoms with Crippen LogP contribution in [0.2, 0.25) is 0 Å². The SMILES string of the molecule is O=C(CO)c1ccc(OCc2cccc(F)c2)cc1. The van der Waals surface area contributed by atoms with Crippen LogP contribution in [0.5, 0.6) is 5.75 Å². The van der Waals surface area contributed by atoms with Gasteiger partial charge in [-0.05, 0) is 42.0 Å². The third kappa shape index (κ3) is 3.63. The molecule has 2 aromatic rings. The average molecular weight is 260 g/mol. The zero-order chi connectivity index (χ0) is 13.7. The number of rotatable bonds is 5. The monoisotopic (exact) mass is 260 g/mol. The van der Waals surface area contributed by atoms with Crippen LogP contribution >= 0.6 is 0 Å². The van der Waals surface area contributed by atoms with Crippen LogP contribution < -0.4 is 4.74 Å². The number of hydrogen-bond acceptors (Lipinski definition) is 3. The van der Waals surface area contributed by atoms with Crippen LogP contribution in [-0.2, 0) is 6.61 Å². The van der Waals surface area contributed by atoms with Gasteiger partial charge in [0.2, 0.25) is 0 Å². The molecule has 2 aromatic carbocycles. The van der Waals surface area contributed by atoms with Crippen molar-refractivity contribution in [1.82, 2.24) is 0 Å². The van der Waals surface area contributed by atoms with E-state index in [2.05, 4.69) is 0 Å². The Labute approximate surface area is 110 Å². The van der Waals surface area contributed by atoms with Gasteiger partial charge in [-0.1, -0.05) is 12.1 Å². The quantitative estimate of drug-likeness (QED) is 0.840. The summed E-state index contributed by atoms with van der Waals surface area (Å²) in [5.41, 5.74) is 1.16. The van der Waals surface area contributed by atoms with Crippen molar-refractivity contribution in [2.75, 3.05) is 6.61 Å². The molecule has 1 N–H and O–H groups in total. The number of carbonyl (C=O) groups is 1. The molecule has 0 amide bonds. The fourth-order valence-electron chi connectivity index (χ4n) is 1.62. The number of Topliss-reactive ketones (excluding diaryl/α,β-unsaturated/α-hetero) is 1. The number of halogens is 1. The highest BCUT2D eigenvalue weighted by atomic mass is 19.1. The van der Waals surface area contributed by atoms with Crippen molar-refractivity contribution < 1.29 is 19.0 Å². The topological polar surface area (TPSA) is 46.5 Å². The molecular formula is C15H13FO3. The van der Waals surface area contributed by atoms with Gasteiger partial charge in [-0.15, -0.1) is 0 Å². The van der Waals surface area contributed by atoms with Gasteiger partial charge in [0.15, 0.2) is 5.78 Å². The van der Waals surface area contributed by atoms with Crippen LogP contribution in [0.15, 0.2) is 48.5 Å². The number of carbonyl (C=O) groups excluding carboxylic acids is 1. The molecule has 0 bridgehead atoms. The molecule has 2 rings (SSSR count). The minimum Gasteiger partial charge on any atom is -0.489 e. The Hall–Kier alpha value is -2.20. The maximum Gasteiger partial charge on any atom is 0.188 e. The van der Waals surface area contributed by atoms with Gasteiger partial charge in [0, 0.05) is 5.56 Å². The lowest BCUT2D eigenvalue weighted by Crippen LogP contribution is -2.04. The molecule has 98 valence electrons. The molecule has 0 aliphatic heterocycles. The largest absolute Gasteiger partial charge is 0.489 e. The number of ketones is 1. The molecule has 0 unspecified atom stereocenters. The summed E-state index contributed by atoms with van der Waals surface area (Å²) in [6.45, 7) is -0.255. The van der Waals surface area contributed by atoms with Crippen LogP contribution in [0, 0.1) is 5.82 Å². The fourth-order valence-corrected chi connectivity index (χ4v) is 1.62. The van der Waals surface area contributed by atoms with Crippen molar-refractivity contribution in [3.05, 3.63) is 65.5 Å². The van der Waals surface area contributed by atoms with Gasteiger partial charge in [0.25, 0.3) is 0 Å². The van der Waals surface area contributed by atoms with E-state index in [1.165, 1.54) is 12.1 Å². The smallest absolute Gasteiger partial charge is 0.188 e. The third-order valence-electron chi connectivity index (χ3n) is 2.61. The molecule has 0 fully saturated rings. The summed E-state index contributed by atoms with van der Waals surface area (Å²) >= 11 is 0. The molecule has 3 nitrogen and oxygen atoms in total. The molecule has 0 radical (unpaired) electrons. The van der Waals surface area contributed by atoms with E-state index < -0.39 is 6.61 Å². The lowest BCUT2D eigenvalue weighted by molar-refractivity contribution is 0.0903. The minimum atomic E-state index is -0.510. The number of aliphatic hydroxyl groups is 1. The van der Waals surface area contributed by atoms with Gasteiger partial charge in [-0.3, -0.25) is 4.79 Å². The standard InChI is InChI=1S/C15H13FO3/c16-13-3-1-2-11(8-13)10-19-14-6-4-12(5-7-14)15(18)9-17/h1-8,17H,9-10H2. The van der Waals surface area contributed by atoms with Crippen LogP contribution in [0.4, 0.5) is 4.39 Å².